The fraction of sp³-hybridized carbons (Fsp3) is 0.350. The summed E-state index contributed by atoms with van der Waals surface area (Å²) in [6.45, 7) is 3.68. The Hall–Kier alpha value is -2.04. The fourth-order valence-corrected chi connectivity index (χ4v) is 3.04. The Morgan fingerprint density at radius 1 is 1.08 bits per heavy atom. The second-order valence-electron chi connectivity index (χ2n) is 6.15. The van der Waals surface area contributed by atoms with Crippen LogP contribution in [-0.2, 0) is 4.79 Å². The SMILES string of the molecule is CCN(CC(=O)NCC(c1ccccc1Cl)N(C)C)c1ccccc1. The Morgan fingerprint density at radius 2 is 1.72 bits per heavy atom. The molecule has 1 atom stereocenters. The zero-order valence-corrected chi connectivity index (χ0v) is 15.8. The molecule has 0 saturated heterocycles. The lowest BCUT2D eigenvalue weighted by molar-refractivity contribution is -0.120. The van der Waals surface area contributed by atoms with Crippen molar-refractivity contribution in [2.45, 2.75) is 13.0 Å². The highest BCUT2D eigenvalue weighted by Gasteiger charge is 2.18. The van der Waals surface area contributed by atoms with Gasteiger partial charge in [0, 0.05) is 23.8 Å². The van der Waals surface area contributed by atoms with Crippen LogP contribution in [0.4, 0.5) is 5.69 Å². The van der Waals surface area contributed by atoms with Crippen LogP contribution in [0.3, 0.4) is 0 Å². The summed E-state index contributed by atoms with van der Waals surface area (Å²) < 4.78 is 0. The lowest BCUT2D eigenvalue weighted by Crippen LogP contribution is -2.41. The molecule has 1 amide bonds. The third-order valence-corrected chi connectivity index (χ3v) is 4.56. The molecule has 0 spiro atoms. The third-order valence-electron chi connectivity index (χ3n) is 4.22. The smallest absolute Gasteiger partial charge is 0.239 e. The van der Waals surface area contributed by atoms with Gasteiger partial charge in [-0.3, -0.25) is 4.79 Å². The van der Waals surface area contributed by atoms with Crippen molar-refractivity contribution >= 4 is 23.2 Å². The summed E-state index contributed by atoms with van der Waals surface area (Å²) in [7, 11) is 3.98. The van der Waals surface area contributed by atoms with Crippen LogP contribution in [0, 0.1) is 0 Å². The minimum Gasteiger partial charge on any atom is -0.363 e. The van der Waals surface area contributed by atoms with E-state index in [0.717, 1.165) is 22.8 Å². The Kier molecular flexibility index (Phi) is 7.29. The first-order valence-corrected chi connectivity index (χ1v) is 8.88. The Balaban J connectivity index is 1.98. The van der Waals surface area contributed by atoms with E-state index in [1.165, 1.54) is 0 Å². The first-order valence-electron chi connectivity index (χ1n) is 8.50. The van der Waals surface area contributed by atoms with Gasteiger partial charge in [0.15, 0.2) is 0 Å². The molecule has 0 aliphatic rings. The molecule has 1 N–H and O–H groups in total. The summed E-state index contributed by atoms with van der Waals surface area (Å²) in [5.41, 5.74) is 2.07. The van der Waals surface area contributed by atoms with Crippen LogP contribution in [0.1, 0.15) is 18.5 Å². The minimum atomic E-state index is 0.00427. The maximum atomic E-state index is 12.4. The lowest BCUT2D eigenvalue weighted by atomic mass is 10.1. The highest BCUT2D eigenvalue weighted by atomic mass is 35.5. The van der Waals surface area contributed by atoms with E-state index >= 15 is 0 Å². The Bertz CT molecular complexity index is 676. The normalized spacial score (nSPS) is 12.0. The number of likely N-dealkylation sites (N-methyl/N-ethyl adjacent to an activating group) is 2. The predicted molar refractivity (Wildman–Crippen MR) is 105 cm³/mol. The molecule has 134 valence electrons. The summed E-state index contributed by atoms with van der Waals surface area (Å²) in [5.74, 6) is 0.00427. The zero-order valence-electron chi connectivity index (χ0n) is 15.1. The van der Waals surface area contributed by atoms with Gasteiger partial charge in [0.25, 0.3) is 0 Å². The summed E-state index contributed by atoms with van der Waals surface area (Å²) in [6, 6.07) is 17.8. The van der Waals surface area contributed by atoms with E-state index < -0.39 is 0 Å². The summed E-state index contributed by atoms with van der Waals surface area (Å²) in [4.78, 5) is 16.5. The number of halogens is 1. The maximum absolute atomic E-state index is 12.4. The first-order chi connectivity index (χ1) is 12.0. The number of carbonyl (C=O) groups excluding carboxylic acids is 1. The van der Waals surface area contributed by atoms with Gasteiger partial charge in [0.2, 0.25) is 5.91 Å². The van der Waals surface area contributed by atoms with E-state index in [-0.39, 0.29) is 11.9 Å². The van der Waals surface area contributed by atoms with Crippen LogP contribution in [0.5, 0.6) is 0 Å². The van der Waals surface area contributed by atoms with Gasteiger partial charge >= 0.3 is 0 Å². The number of amides is 1. The minimum absolute atomic E-state index is 0.00427. The number of carbonyl (C=O) groups is 1. The molecule has 1 unspecified atom stereocenters. The van der Waals surface area contributed by atoms with Crippen molar-refractivity contribution in [1.82, 2.24) is 10.2 Å². The molecular formula is C20H26ClN3O. The van der Waals surface area contributed by atoms with Crippen molar-refractivity contribution in [3.05, 3.63) is 65.2 Å². The second kappa shape index (κ2) is 9.44. The van der Waals surface area contributed by atoms with Crippen molar-refractivity contribution in [3.8, 4) is 0 Å². The molecule has 2 aromatic carbocycles. The van der Waals surface area contributed by atoms with Crippen molar-refractivity contribution in [3.63, 3.8) is 0 Å². The molecule has 4 nitrogen and oxygen atoms in total. The molecule has 5 heteroatoms. The summed E-state index contributed by atoms with van der Waals surface area (Å²) in [6.07, 6.45) is 0. The molecule has 25 heavy (non-hydrogen) atoms. The third kappa shape index (κ3) is 5.48. The van der Waals surface area contributed by atoms with Gasteiger partial charge in [0.05, 0.1) is 12.6 Å². The topological polar surface area (TPSA) is 35.6 Å². The molecule has 0 radical (unpaired) electrons. The highest BCUT2D eigenvalue weighted by Crippen LogP contribution is 2.25. The van der Waals surface area contributed by atoms with Crippen LogP contribution in [-0.4, -0.2) is 44.5 Å². The second-order valence-corrected chi connectivity index (χ2v) is 6.56. The standard InChI is InChI=1S/C20H26ClN3O/c1-4-24(16-10-6-5-7-11-16)15-20(25)22-14-19(23(2)3)17-12-8-9-13-18(17)21/h5-13,19H,4,14-15H2,1-3H3,(H,22,25). The van der Waals surface area contributed by atoms with Crippen LogP contribution >= 0.6 is 11.6 Å². The van der Waals surface area contributed by atoms with Crippen molar-refractivity contribution in [2.24, 2.45) is 0 Å². The van der Waals surface area contributed by atoms with Crippen LogP contribution in [0.2, 0.25) is 5.02 Å². The molecule has 0 aliphatic carbocycles. The predicted octanol–water partition coefficient (Wildman–Crippen LogP) is 3.59. The van der Waals surface area contributed by atoms with Gasteiger partial charge in [-0.25, -0.2) is 0 Å². The van der Waals surface area contributed by atoms with E-state index in [1.807, 2.05) is 75.6 Å². The quantitative estimate of drug-likeness (QED) is 0.782. The number of para-hydroxylation sites is 1. The van der Waals surface area contributed by atoms with E-state index in [4.69, 9.17) is 11.6 Å². The van der Waals surface area contributed by atoms with Gasteiger partial charge in [-0.2, -0.15) is 0 Å². The van der Waals surface area contributed by atoms with Crippen molar-refractivity contribution < 1.29 is 4.79 Å². The largest absolute Gasteiger partial charge is 0.363 e. The maximum Gasteiger partial charge on any atom is 0.239 e. The van der Waals surface area contributed by atoms with E-state index in [2.05, 4.69) is 15.1 Å². The van der Waals surface area contributed by atoms with Gasteiger partial charge in [0.1, 0.15) is 0 Å². The molecule has 2 aromatic rings. The van der Waals surface area contributed by atoms with Gasteiger partial charge in [-0.05, 0) is 44.8 Å². The summed E-state index contributed by atoms with van der Waals surface area (Å²) >= 11 is 6.32. The first kappa shape index (κ1) is 19.3. The van der Waals surface area contributed by atoms with Crippen molar-refractivity contribution in [1.29, 1.82) is 0 Å². The van der Waals surface area contributed by atoms with Crippen LogP contribution < -0.4 is 10.2 Å². The van der Waals surface area contributed by atoms with Crippen LogP contribution in [0.25, 0.3) is 0 Å². The number of nitrogens with one attached hydrogen (secondary N) is 1. The molecular weight excluding hydrogens is 334 g/mol. The summed E-state index contributed by atoms with van der Waals surface area (Å²) in [5, 5.41) is 3.76. The van der Waals surface area contributed by atoms with Gasteiger partial charge in [-0.1, -0.05) is 48.0 Å². The number of benzene rings is 2. The van der Waals surface area contributed by atoms with E-state index in [1.54, 1.807) is 0 Å². The van der Waals surface area contributed by atoms with E-state index in [9.17, 15) is 4.79 Å². The molecule has 0 aliphatic heterocycles. The number of hydrogen-bond donors (Lipinski definition) is 1. The molecule has 0 bridgehead atoms. The average molecular weight is 360 g/mol. The Morgan fingerprint density at radius 3 is 2.32 bits per heavy atom. The number of rotatable bonds is 8. The Labute approximate surface area is 155 Å². The van der Waals surface area contributed by atoms with Gasteiger partial charge in [-0.15, -0.1) is 0 Å². The lowest BCUT2D eigenvalue weighted by Gasteiger charge is -2.27. The molecule has 0 heterocycles. The average Bonchev–Trinajstić information content (AvgIpc) is 2.61. The molecule has 0 saturated carbocycles. The van der Waals surface area contributed by atoms with E-state index in [0.29, 0.717) is 13.1 Å². The number of anilines is 1. The molecule has 0 fully saturated rings. The number of hydrogen-bond acceptors (Lipinski definition) is 3. The molecule has 0 aromatic heterocycles. The molecule has 2 rings (SSSR count). The number of nitrogens with zero attached hydrogens (tertiary/aromatic N) is 2. The van der Waals surface area contributed by atoms with Crippen LogP contribution in [0.15, 0.2) is 54.6 Å². The zero-order chi connectivity index (χ0) is 18.2. The van der Waals surface area contributed by atoms with Gasteiger partial charge < -0.3 is 15.1 Å². The monoisotopic (exact) mass is 359 g/mol. The van der Waals surface area contributed by atoms with Crippen molar-refractivity contribution in [2.75, 3.05) is 38.6 Å². The fourth-order valence-electron chi connectivity index (χ4n) is 2.78. The highest BCUT2D eigenvalue weighted by molar-refractivity contribution is 6.31.